The first-order valence-corrected chi connectivity index (χ1v) is 10.4. The number of nitriles is 1. The van der Waals surface area contributed by atoms with Crippen molar-refractivity contribution in [1.82, 2.24) is 15.1 Å². The number of allylic oxidation sites excluding steroid dienone is 2. The van der Waals surface area contributed by atoms with Gasteiger partial charge in [0.1, 0.15) is 0 Å². The van der Waals surface area contributed by atoms with E-state index in [1.165, 1.54) is 5.56 Å². The number of hydrogen-bond donors (Lipinski definition) is 1. The van der Waals surface area contributed by atoms with E-state index in [0.29, 0.717) is 25.3 Å². The van der Waals surface area contributed by atoms with Gasteiger partial charge in [-0.25, -0.2) is 0 Å². The number of nitrogens with one attached hydrogen (secondary N) is 1. The highest BCUT2D eigenvalue weighted by Gasteiger charge is 2.46. The average Bonchev–Trinajstić information content (AvgIpc) is 2.80. The van der Waals surface area contributed by atoms with Crippen molar-refractivity contribution in [3.63, 3.8) is 0 Å². The fourth-order valence-electron chi connectivity index (χ4n) is 4.54. The van der Waals surface area contributed by atoms with E-state index in [1.807, 2.05) is 42.5 Å². The predicted molar refractivity (Wildman–Crippen MR) is 111 cm³/mol. The lowest BCUT2D eigenvalue weighted by Crippen LogP contribution is -2.63. The normalized spacial score (nSPS) is 22.4. The van der Waals surface area contributed by atoms with Crippen molar-refractivity contribution in [2.75, 3.05) is 45.9 Å². The van der Waals surface area contributed by atoms with E-state index >= 15 is 0 Å². The number of Topliss-reactive ketones (excluding diaryl/α,β-unsaturated/α-hetero) is 1. The van der Waals surface area contributed by atoms with Gasteiger partial charge in [-0.2, -0.15) is 5.26 Å². The van der Waals surface area contributed by atoms with E-state index < -0.39 is 5.54 Å². The van der Waals surface area contributed by atoms with Crippen molar-refractivity contribution in [2.45, 2.75) is 24.9 Å². The van der Waals surface area contributed by atoms with Crippen LogP contribution in [0.5, 0.6) is 0 Å². The topological polar surface area (TPSA) is 68.6 Å². The van der Waals surface area contributed by atoms with E-state index in [0.717, 1.165) is 51.3 Å². The summed E-state index contributed by atoms with van der Waals surface area (Å²) in [5.74, 6) is 0.214. The van der Waals surface area contributed by atoms with Crippen LogP contribution in [0.15, 0.2) is 48.2 Å². The lowest BCUT2D eigenvalue weighted by molar-refractivity contribution is -0.137. The highest BCUT2D eigenvalue weighted by atomic mass is 16.5. The summed E-state index contributed by atoms with van der Waals surface area (Å²) >= 11 is 0. The minimum Gasteiger partial charge on any atom is -0.381 e. The van der Waals surface area contributed by atoms with Crippen LogP contribution >= 0.6 is 0 Å². The first-order valence-electron chi connectivity index (χ1n) is 10.4. The van der Waals surface area contributed by atoms with Gasteiger partial charge in [-0.15, -0.1) is 0 Å². The van der Waals surface area contributed by atoms with Gasteiger partial charge in [0.15, 0.2) is 5.78 Å². The molecule has 0 aromatic heterocycles. The Morgan fingerprint density at radius 1 is 1.14 bits per heavy atom. The fourth-order valence-corrected chi connectivity index (χ4v) is 4.54. The van der Waals surface area contributed by atoms with Gasteiger partial charge in [0.25, 0.3) is 0 Å². The maximum atomic E-state index is 13.5. The largest absolute Gasteiger partial charge is 0.381 e. The van der Waals surface area contributed by atoms with E-state index in [2.05, 4.69) is 21.2 Å². The molecule has 152 valence electrons. The molecule has 29 heavy (non-hydrogen) atoms. The molecule has 1 N–H and O–H groups in total. The van der Waals surface area contributed by atoms with Crippen molar-refractivity contribution < 1.29 is 9.53 Å². The Kier molecular flexibility index (Phi) is 6.10. The van der Waals surface area contributed by atoms with E-state index in [-0.39, 0.29) is 5.78 Å². The van der Waals surface area contributed by atoms with Crippen molar-refractivity contribution in [1.29, 1.82) is 5.26 Å². The zero-order valence-electron chi connectivity index (χ0n) is 16.8. The van der Waals surface area contributed by atoms with Crippen molar-refractivity contribution in [2.24, 2.45) is 0 Å². The molecule has 4 rings (SSSR count). The van der Waals surface area contributed by atoms with E-state index in [9.17, 15) is 4.79 Å². The number of hydrogen-bond acceptors (Lipinski definition) is 6. The van der Waals surface area contributed by atoms with Crippen molar-refractivity contribution >= 4 is 5.78 Å². The van der Waals surface area contributed by atoms with Gasteiger partial charge < -0.3 is 10.1 Å². The number of piperazine rings is 1. The molecule has 2 fully saturated rings. The standard InChI is InChI=1S/C23H28N4O2/c24-17-19-4-6-20(7-5-19)18-26-11-13-27(14-12-26)23(8-15-29-16-9-23)22(28)21-3-1-2-10-25-21/h1-7,25H,8-16,18H2. The van der Waals surface area contributed by atoms with Gasteiger partial charge in [-0.1, -0.05) is 24.3 Å². The molecule has 6 nitrogen and oxygen atoms in total. The molecule has 1 aromatic carbocycles. The summed E-state index contributed by atoms with van der Waals surface area (Å²) < 4.78 is 5.61. The summed E-state index contributed by atoms with van der Waals surface area (Å²) in [6.45, 7) is 6.49. The Morgan fingerprint density at radius 3 is 2.48 bits per heavy atom. The number of dihydropyridines is 1. The Balaban J connectivity index is 1.42. The molecule has 3 aliphatic heterocycles. The van der Waals surface area contributed by atoms with Crippen LogP contribution in [0.2, 0.25) is 0 Å². The highest BCUT2D eigenvalue weighted by Crippen LogP contribution is 2.32. The summed E-state index contributed by atoms with van der Waals surface area (Å²) in [4.78, 5) is 18.3. The average molecular weight is 393 g/mol. The van der Waals surface area contributed by atoms with E-state index in [1.54, 1.807) is 0 Å². The van der Waals surface area contributed by atoms with E-state index in [4.69, 9.17) is 10.00 Å². The molecule has 2 saturated heterocycles. The van der Waals surface area contributed by atoms with Crippen molar-refractivity contribution in [3.05, 3.63) is 59.3 Å². The maximum absolute atomic E-state index is 13.5. The van der Waals surface area contributed by atoms with Gasteiger partial charge in [-0.05, 0) is 36.6 Å². The molecule has 3 aliphatic rings. The zero-order valence-corrected chi connectivity index (χ0v) is 16.8. The number of rotatable bonds is 5. The number of ketones is 1. The molecule has 0 radical (unpaired) electrons. The Morgan fingerprint density at radius 2 is 1.86 bits per heavy atom. The molecule has 3 heterocycles. The number of carbonyl (C=O) groups excluding carboxylic acids is 1. The lowest BCUT2D eigenvalue weighted by Gasteiger charge is -2.48. The SMILES string of the molecule is N#Cc1ccc(CN2CCN(C3(C(=O)C4=CC=CCN4)CCOCC3)CC2)cc1. The van der Waals surface area contributed by atoms with Gasteiger partial charge in [0.05, 0.1) is 22.9 Å². The van der Waals surface area contributed by atoms with Crippen LogP contribution in [0.25, 0.3) is 0 Å². The molecule has 0 atom stereocenters. The molecule has 6 heteroatoms. The fraction of sp³-hybridized carbons (Fsp3) is 0.478. The summed E-state index contributed by atoms with van der Waals surface area (Å²) in [6, 6.07) is 9.98. The zero-order chi connectivity index (χ0) is 20.1. The molecule has 0 amide bonds. The molecule has 0 unspecified atom stereocenters. The number of carbonyl (C=O) groups is 1. The third-order valence-corrected chi connectivity index (χ3v) is 6.26. The number of benzene rings is 1. The summed E-state index contributed by atoms with van der Waals surface area (Å²) in [5, 5.41) is 12.2. The summed E-state index contributed by atoms with van der Waals surface area (Å²) in [7, 11) is 0. The molecule has 1 aromatic rings. The molecule has 0 spiro atoms. The Bertz CT molecular complexity index is 823. The summed E-state index contributed by atoms with van der Waals surface area (Å²) in [5.41, 5.74) is 2.19. The van der Waals surface area contributed by atoms with Crippen molar-refractivity contribution in [3.8, 4) is 6.07 Å². The Hall–Kier alpha value is -2.46. The second kappa shape index (κ2) is 8.91. The third kappa shape index (κ3) is 4.27. The minimum absolute atomic E-state index is 0.214. The van der Waals surface area contributed by atoms with Gasteiger partial charge in [0, 0.05) is 52.5 Å². The monoisotopic (exact) mass is 392 g/mol. The van der Waals surface area contributed by atoms with Crippen LogP contribution in [-0.2, 0) is 16.1 Å². The second-order valence-electron chi connectivity index (χ2n) is 7.93. The molecular formula is C23H28N4O2. The van der Waals surface area contributed by atoms with Crippen LogP contribution in [0.4, 0.5) is 0 Å². The smallest absolute Gasteiger partial charge is 0.199 e. The Labute approximate surface area is 172 Å². The first-order chi connectivity index (χ1) is 14.2. The van der Waals surface area contributed by atoms with Crippen LogP contribution in [0.3, 0.4) is 0 Å². The van der Waals surface area contributed by atoms with Crippen LogP contribution in [0, 0.1) is 11.3 Å². The molecule has 0 saturated carbocycles. The summed E-state index contributed by atoms with van der Waals surface area (Å²) in [6.07, 6.45) is 7.40. The molecule has 0 bridgehead atoms. The lowest BCUT2D eigenvalue weighted by atomic mass is 9.81. The van der Waals surface area contributed by atoms with Gasteiger partial charge in [-0.3, -0.25) is 14.6 Å². The van der Waals surface area contributed by atoms with Crippen LogP contribution in [0.1, 0.15) is 24.0 Å². The van der Waals surface area contributed by atoms with Crippen LogP contribution in [-0.4, -0.2) is 67.1 Å². The number of nitrogens with zero attached hydrogens (tertiary/aromatic N) is 3. The predicted octanol–water partition coefficient (Wildman–Crippen LogP) is 1.84. The van der Waals surface area contributed by atoms with Gasteiger partial charge in [0.2, 0.25) is 0 Å². The maximum Gasteiger partial charge on any atom is 0.199 e. The number of ether oxygens (including phenoxy) is 1. The first kappa shape index (κ1) is 19.8. The van der Waals surface area contributed by atoms with Crippen LogP contribution < -0.4 is 5.32 Å². The third-order valence-electron chi connectivity index (χ3n) is 6.26. The quantitative estimate of drug-likeness (QED) is 0.825. The highest BCUT2D eigenvalue weighted by molar-refractivity contribution is 6.02. The van der Waals surface area contributed by atoms with Gasteiger partial charge >= 0.3 is 0 Å². The minimum atomic E-state index is -0.456. The molecular weight excluding hydrogens is 364 g/mol. The second-order valence-corrected chi connectivity index (χ2v) is 7.93. The molecule has 0 aliphatic carbocycles.